The monoisotopic (exact) mass is 337 g/mol. The molecule has 2 saturated heterocycles. The van der Waals surface area contributed by atoms with E-state index in [1.54, 1.807) is 6.20 Å². The number of nitrogens with one attached hydrogen (secondary N) is 2. The zero-order chi connectivity index (χ0) is 16.5. The predicted octanol–water partition coefficient (Wildman–Crippen LogP) is 2.16. The molecule has 3 aromatic heterocycles. The van der Waals surface area contributed by atoms with Gasteiger partial charge in [0.05, 0.1) is 17.8 Å². The molecule has 6 rings (SSSR count). The number of aryl methyl sites for hydroxylation is 2. The van der Waals surface area contributed by atoms with Gasteiger partial charge >= 0.3 is 0 Å². The Kier molecular flexibility index (Phi) is 2.67. The van der Waals surface area contributed by atoms with Crippen molar-refractivity contribution in [2.45, 2.75) is 38.1 Å². The zero-order valence-corrected chi connectivity index (χ0v) is 13.8. The minimum atomic E-state index is -0.165. The third-order valence-electron chi connectivity index (χ3n) is 6.11. The van der Waals surface area contributed by atoms with Crippen LogP contribution in [-0.2, 0) is 12.8 Å². The molecule has 0 saturated carbocycles. The Morgan fingerprint density at radius 2 is 2.28 bits per heavy atom. The van der Waals surface area contributed by atoms with E-state index in [4.69, 9.17) is 9.40 Å². The number of H-pyrrole nitrogens is 2. The molecule has 0 amide bonds. The van der Waals surface area contributed by atoms with Crippen molar-refractivity contribution in [2.75, 3.05) is 13.1 Å². The normalized spacial score (nSPS) is 27.4. The average Bonchev–Trinajstić information content (AvgIpc) is 3.37. The lowest BCUT2D eigenvalue weighted by Crippen LogP contribution is -2.26. The van der Waals surface area contributed by atoms with Gasteiger partial charge in [0.15, 0.2) is 0 Å². The molecule has 128 valence electrons. The van der Waals surface area contributed by atoms with Crippen LogP contribution in [0.4, 0.5) is 0 Å². The number of piperidine rings is 1. The molecular formula is C18H19N5O2. The van der Waals surface area contributed by atoms with Gasteiger partial charge in [0, 0.05) is 17.8 Å². The average molecular weight is 337 g/mol. The number of aromatic nitrogens is 4. The number of hydrogen-bond donors (Lipinski definition) is 2. The zero-order valence-electron chi connectivity index (χ0n) is 13.8. The van der Waals surface area contributed by atoms with Gasteiger partial charge in [0.2, 0.25) is 5.58 Å². The molecule has 2 unspecified atom stereocenters. The summed E-state index contributed by atoms with van der Waals surface area (Å²) in [5, 5.41) is 7.19. The summed E-state index contributed by atoms with van der Waals surface area (Å²) in [7, 11) is 0. The minimum absolute atomic E-state index is 0.165. The molecule has 5 heterocycles. The summed E-state index contributed by atoms with van der Waals surface area (Å²) in [6.45, 7) is 2.24. The van der Waals surface area contributed by atoms with E-state index in [2.05, 4.69) is 20.1 Å². The highest BCUT2D eigenvalue weighted by Crippen LogP contribution is 2.42. The number of hydrogen-bond acceptors (Lipinski definition) is 5. The maximum absolute atomic E-state index is 12.7. The molecule has 3 aliphatic rings. The Morgan fingerprint density at radius 1 is 1.32 bits per heavy atom. The Morgan fingerprint density at radius 3 is 3.12 bits per heavy atom. The lowest BCUT2D eigenvalue weighted by molar-refractivity contribution is 0.256. The van der Waals surface area contributed by atoms with Gasteiger partial charge in [-0.1, -0.05) is 0 Å². The molecule has 0 aromatic carbocycles. The molecule has 2 N–H and O–H groups in total. The second-order valence-corrected chi connectivity index (χ2v) is 7.56. The van der Waals surface area contributed by atoms with Crippen molar-refractivity contribution < 1.29 is 4.42 Å². The van der Waals surface area contributed by atoms with E-state index in [0.717, 1.165) is 78.6 Å². The summed E-state index contributed by atoms with van der Waals surface area (Å²) >= 11 is 0. The van der Waals surface area contributed by atoms with Crippen molar-refractivity contribution in [3.63, 3.8) is 0 Å². The van der Waals surface area contributed by atoms with Gasteiger partial charge < -0.3 is 9.40 Å². The van der Waals surface area contributed by atoms with Crippen LogP contribution >= 0.6 is 0 Å². The summed E-state index contributed by atoms with van der Waals surface area (Å²) < 4.78 is 5.99. The number of furan rings is 1. The van der Waals surface area contributed by atoms with Gasteiger partial charge in [-0.25, -0.2) is 4.98 Å². The highest BCUT2D eigenvalue weighted by atomic mass is 16.3. The SMILES string of the molecule is O=c1[nH]c([C@@H]2CC3CCN2C3)nc2c3c(oc12)-c1cn[nH]c1CCC3. The smallest absolute Gasteiger partial charge is 0.294 e. The number of nitrogens with zero attached hydrogens (tertiary/aromatic N) is 3. The molecule has 7 nitrogen and oxygen atoms in total. The van der Waals surface area contributed by atoms with Crippen molar-refractivity contribution in [2.24, 2.45) is 5.92 Å². The Bertz CT molecular complexity index is 1050. The molecule has 2 bridgehead atoms. The van der Waals surface area contributed by atoms with Gasteiger partial charge in [-0.2, -0.15) is 5.10 Å². The fourth-order valence-corrected chi connectivity index (χ4v) is 4.89. The van der Waals surface area contributed by atoms with Crippen LogP contribution in [0, 0.1) is 5.92 Å². The van der Waals surface area contributed by atoms with Gasteiger partial charge in [0.1, 0.15) is 17.1 Å². The van der Waals surface area contributed by atoms with Crippen LogP contribution in [0.1, 0.15) is 42.4 Å². The van der Waals surface area contributed by atoms with Crippen molar-refractivity contribution in [1.29, 1.82) is 0 Å². The first-order valence-electron chi connectivity index (χ1n) is 9.10. The molecule has 25 heavy (non-hydrogen) atoms. The van der Waals surface area contributed by atoms with Gasteiger partial charge in [-0.05, 0) is 44.6 Å². The van der Waals surface area contributed by atoms with Crippen molar-refractivity contribution in [3.05, 3.63) is 33.6 Å². The van der Waals surface area contributed by atoms with Crippen LogP contribution in [0.3, 0.4) is 0 Å². The van der Waals surface area contributed by atoms with Crippen LogP contribution < -0.4 is 5.56 Å². The standard InChI is InChI=1S/C18H19N5O2/c24-18-16-14(20-17(21-18)13-6-9-4-5-23(13)8-9)10-2-1-3-12-11(7-19-22-12)15(10)25-16/h7,9,13H,1-6,8H2,(H,19,22)(H,20,21,24)/t9?,13-/m0/s1. The largest absolute Gasteiger partial charge is 0.448 e. The quantitative estimate of drug-likeness (QED) is 0.710. The van der Waals surface area contributed by atoms with E-state index in [1.165, 1.54) is 6.42 Å². The fraction of sp³-hybridized carbons (Fsp3) is 0.500. The molecular weight excluding hydrogens is 318 g/mol. The molecule has 0 spiro atoms. The minimum Gasteiger partial charge on any atom is -0.448 e. The summed E-state index contributed by atoms with van der Waals surface area (Å²) in [5.41, 5.74) is 4.03. The molecule has 0 radical (unpaired) electrons. The molecule has 2 fully saturated rings. The molecule has 3 atom stereocenters. The third-order valence-corrected chi connectivity index (χ3v) is 6.11. The highest BCUT2D eigenvalue weighted by molar-refractivity contribution is 5.85. The van der Waals surface area contributed by atoms with Gasteiger partial charge in [0.25, 0.3) is 5.56 Å². The van der Waals surface area contributed by atoms with Gasteiger partial charge in [-0.15, -0.1) is 0 Å². The Labute approximate surface area is 143 Å². The van der Waals surface area contributed by atoms with E-state index in [0.29, 0.717) is 5.58 Å². The topological polar surface area (TPSA) is 90.8 Å². The maximum Gasteiger partial charge on any atom is 0.294 e. The van der Waals surface area contributed by atoms with Crippen LogP contribution in [0.15, 0.2) is 15.4 Å². The van der Waals surface area contributed by atoms with E-state index < -0.39 is 0 Å². The van der Waals surface area contributed by atoms with Crippen LogP contribution in [0.5, 0.6) is 0 Å². The lowest BCUT2D eigenvalue weighted by atomic mass is 10.00. The second kappa shape index (κ2) is 4.82. The Hall–Kier alpha value is -2.41. The molecule has 2 aliphatic heterocycles. The van der Waals surface area contributed by atoms with E-state index in [-0.39, 0.29) is 11.6 Å². The number of fused-ring (bicyclic) bond motifs is 7. The number of aromatic amines is 2. The van der Waals surface area contributed by atoms with Crippen LogP contribution in [0.2, 0.25) is 0 Å². The summed E-state index contributed by atoms with van der Waals surface area (Å²) in [6.07, 6.45) is 6.97. The first-order chi connectivity index (χ1) is 12.3. The summed E-state index contributed by atoms with van der Waals surface area (Å²) in [6, 6.07) is 0.247. The van der Waals surface area contributed by atoms with E-state index >= 15 is 0 Å². The van der Waals surface area contributed by atoms with Crippen molar-refractivity contribution >= 4 is 11.1 Å². The molecule has 7 heteroatoms. The van der Waals surface area contributed by atoms with Crippen molar-refractivity contribution in [1.82, 2.24) is 25.1 Å². The first-order valence-corrected chi connectivity index (χ1v) is 9.10. The summed E-state index contributed by atoms with van der Waals surface area (Å²) in [5.74, 6) is 2.32. The van der Waals surface area contributed by atoms with Crippen molar-refractivity contribution in [3.8, 4) is 11.3 Å². The number of rotatable bonds is 1. The lowest BCUT2D eigenvalue weighted by Gasteiger charge is -2.23. The Balaban J connectivity index is 1.56. The van der Waals surface area contributed by atoms with Crippen LogP contribution in [0.25, 0.3) is 22.4 Å². The molecule has 3 aromatic rings. The third kappa shape index (κ3) is 1.87. The van der Waals surface area contributed by atoms with Gasteiger partial charge in [-0.3, -0.25) is 14.8 Å². The second-order valence-electron chi connectivity index (χ2n) is 7.56. The van der Waals surface area contributed by atoms with E-state index in [1.807, 2.05) is 0 Å². The van der Waals surface area contributed by atoms with Crippen LogP contribution in [-0.4, -0.2) is 38.2 Å². The maximum atomic E-state index is 12.7. The predicted molar refractivity (Wildman–Crippen MR) is 91.3 cm³/mol. The summed E-state index contributed by atoms with van der Waals surface area (Å²) in [4.78, 5) is 23.0. The fourth-order valence-electron chi connectivity index (χ4n) is 4.89. The first kappa shape index (κ1) is 13.8. The van der Waals surface area contributed by atoms with E-state index in [9.17, 15) is 4.79 Å². The highest BCUT2D eigenvalue weighted by Gasteiger charge is 2.40. The molecule has 1 aliphatic carbocycles.